The highest BCUT2D eigenvalue weighted by Crippen LogP contribution is 2.26. The molecule has 3 heteroatoms. The molecule has 3 nitrogen and oxygen atoms in total. The SMILES string of the molecule is CC(C)N1C(=O)C(=O)C=C1c1ccccc1. The second-order valence-electron chi connectivity index (χ2n) is 4.03. The first-order chi connectivity index (χ1) is 7.61. The van der Waals surface area contributed by atoms with E-state index in [0.29, 0.717) is 5.70 Å². The average molecular weight is 215 g/mol. The van der Waals surface area contributed by atoms with E-state index < -0.39 is 11.7 Å². The van der Waals surface area contributed by atoms with Gasteiger partial charge in [0.05, 0.1) is 5.70 Å². The Balaban J connectivity index is 2.44. The van der Waals surface area contributed by atoms with Gasteiger partial charge in [-0.15, -0.1) is 0 Å². The van der Waals surface area contributed by atoms with Crippen LogP contribution in [0.25, 0.3) is 5.70 Å². The minimum absolute atomic E-state index is 0.00888. The lowest BCUT2D eigenvalue weighted by Crippen LogP contribution is -2.34. The van der Waals surface area contributed by atoms with Crippen molar-refractivity contribution in [2.45, 2.75) is 19.9 Å². The van der Waals surface area contributed by atoms with Crippen molar-refractivity contribution in [3.8, 4) is 0 Å². The normalized spacial score (nSPS) is 15.9. The fourth-order valence-electron chi connectivity index (χ4n) is 1.83. The molecule has 0 saturated heterocycles. The van der Waals surface area contributed by atoms with E-state index in [2.05, 4.69) is 0 Å². The lowest BCUT2D eigenvalue weighted by Gasteiger charge is -2.23. The van der Waals surface area contributed by atoms with Gasteiger partial charge in [-0.1, -0.05) is 30.3 Å². The summed E-state index contributed by atoms with van der Waals surface area (Å²) in [6.07, 6.45) is 1.41. The van der Waals surface area contributed by atoms with Crippen molar-refractivity contribution < 1.29 is 9.59 Å². The lowest BCUT2D eigenvalue weighted by atomic mass is 10.1. The van der Waals surface area contributed by atoms with E-state index in [1.54, 1.807) is 0 Å². The molecule has 1 heterocycles. The molecule has 0 aliphatic carbocycles. The fraction of sp³-hybridized carbons (Fsp3) is 0.231. The summed E-state index contributed by atoms with van der Waals surface area (Å²) in [5, 5.41) is 0. The summed E-state index contributed by atoms with van der Waals surface area (Å²) < 4.78 is 0. The number of amides is 1. The van der Waals surface area contributed by atoms with E-state index in [1.807, 2.05) is 44.2 Å². The average Bonchev–Trinajstić information content (AvgIpc) is 2.57. The summed E-state index contributed by atoms with van der Waals surface area (Å²) in [6, 6.07) is 9.47. The van der Waals surface area contributed by atoms with Gasteiger partial charge in [-0.3, -0.25) is 9.59 Å². The number of hydrogen-bond donors (Lipinski definition) is 0. The highest BCUT2D eigenvalue weighted by atomic mass is 16.2. The number of rotatable bonds is 2. The lowest BCUT2D eigenvalue weighted by molar-refractivity contribution is -0.139. The Bertz CT molecular complexity index is 460. The molecule has 0 aromatic heterocycles. The Kier molecular flexibility index (Phi) is 2.60. The van der Waals surface area contributed by atoms with Crippen molar-refractivity contribution in [1.29, 1.82) is 0 Å². The van der Waals surface area contributed by atoms with Crippen molar-refractivity contribution in [3.05, 3.63) is 42.0 Å². The highest BCUT2D eigenvalue weighted by Gasteiger charge is 2.33. The third kappa shape index (κ3) is 1.65. The molecule has 0 radical (unpaired) electrons. The minimum Gasteiger partial charge on any atom is -0.302 e. The van der Waals surface area contributed by atoms with Crippen LogP contribution >= 0.6 is 0 Å². The molecular formula is C13H13NO2. The molecule has 0 spiro atoms. The van der Waals surface area contributed by atoms with Crippen LogP contribution in [-0.2, 0) is 9.59 Å². The van der Waals surface area contributed by atoms with Gasteiger partial charge in [-0.2, -0.15) is 0 Å². The molecule has 0 N–H and O–H groups in total. The van der Waals surface area contributed by atoms with E-state index in [9.17, 15) is 9.59 Å². The van der Waals surface area contributed by atoms with E-state index in [-0.39, 0.29) is 6.04 Å². The predicted octanol–water partition coefficient (Wildman–Crippen LogP) is 1.85. The van der Waals surface area contributed by atoms with Crippen LogP contribution in [0.2, 0.25) is 0 Å². The van der Waals surface area contributed by atoms with Crippen LogP contribution in [0.1, 0.15) is 19.4 Å². The van der Waals surface area contributed by atoms with E-state index >= 15 is 0 Å². The molecule has 0 unspecified atom stereocenters. The zero-order valence-electron chi connectivity index (χ0n) is 9.31. The first-order valence-electron chi connectivity index (χ1n) is 5.26. The molecule has 1 aromatic rings. The van der Waals surface area contributed by atoms with Crippen LogP contribution in [0.3, 0.4) is 0 Å². The monoisotopic (exact) mass is 215 g/mol. The van der Waals surface area contributed by atoms with Gasteiger partial charge in [-0.05, 0) is 19.4 Å². The molecule has 1 aliphatic rings. The maximum absolute atomic E-state index is 11.7. The summed E-state index contributed by atoms with van der Waals surface area (Å²) >= 11 is 0. The summed E-state index contributed by atoms with van der Waals surface area (Å²) in [5.41, 5.74) is 1.60. The molecule has 0 fully saturated rings. The molecule has 0 atom stereocenters. The smallest absolute Gasteiger partial charge is 0.299 e. The third-order valence-electron chi connectivity index (χ3n) is 2.54. The van der Waals surface area contributed by atoms with Gasteiger partial charge >= 0.3 is 0 Å². The molecule has 2 rings (SSSR count). The van der Waals surface area contributed by atoms with Crippen molar-refractivity contribution in [2.75, 3.05) is 0 Å². The number of benzene rings is 1. The van der Waals surface area contributed by atoms with Crippen molar-refractivity contribution in [2.24, 2.45) is 0 Å². The Hall–Kier alpha value is -1.90. The molecule has 0 bridgehead atoms. The summed E-state index contributed by atoms with van der Waals surface area (Å²) in [6.45, 7) is 3.79. The number of hydrogen-bond acceptors (Lipinski definition) is 2. The van der Waals surface area contributed by atoms with Gasteiger partial charge < -0.3 is 4.90 Å². The van der Waals surface area contributed by atoms with Gasteiger partial charge in [0.25, 0.3) is 5.91 Å². The molecule has 1 aromatic carbocycles. The Labute approximate surface area is 94.4 Å². The highest BCUT2D eigenvalue weighted by molar-refractivity contribution is 6.46. The summed E-state index contributed by atoms with van der Waals surface area (Å²) in [4.78, 5) is 24.6. The van der Waals surface area contributed by atoms with Crippen molar-refractivity contribution >= 4 is 17.4 Å². The van der Waals surface area contributed by atoms with Gasteiger partial charge in [0.15, 0.2) is 0 Å². The number of ketones is 1. The van der Waals surface area contributed by atoms with Crippen LogP contribution in [0, 0.1) is 0 Å². The number of nitrogens with zero attached hydrogens (tertiary/aromatic N) is 1. The quantitative estimate of drug-likeness (QED) is 0.706. The van der Waals surface area contributed by atoms with Crippen molar-refractivity contribution in [1.82, 2.24) is 4.90 Å². The Morgan fingerprint density at radius 1 is 1.06 bits per heavy atom. The maximum Gasteiger partial charge on any atom is 0.299 e. The van der Waals surface area contributed by atoms with Crippen LogP contribution in [0.4, 0.5) is 0 Å². The molecule has 82 valence electrons. The van der Waals surface area contributed by atoms with Gasteiger partial charge in [-0.25, -0.2) is 0 Å². The van der Waals surface area contributed by atoms with Crippen molar-refractivity contribution in [3.63, 3.8) is 0 Å². The standard InChI is InChI=1S/C13H13NO2/c1-9(2)14-11(8-12(15)13(14)16)10-6-4-3-5-7-10/h3-9H,1-2H3. The van der Waals surface area contributed by atoms with E-state index in [1.165, 1.54) is 11.0 Å². The first-order valence-corrected chi connectivity index (χ1v) is 5.26. The summed E-state index contributed by atoms with van der Waals surface area (Å²) in [5.74, 6) is -0.874. The molecule has 1 aliphatic heterocycles. The van der Waals surface area contributed by atoms with Crippen LogP contribution in [0.5, 0.6) is 0 Å². The zero-order chi connectivity index (χ0) is 11.7. The Morgan fingerprint density at radius 2 is 1.69 bits per heavy atom. The molecule has 16 heavy (non-hydrogen) atoms. The first kappa shape index (κ1) is 10.6. The molecular weight excluding hydrogens is 202 g/mol. The fourth-order valence-corrected chi connectivity index (χ4v) is 1.83. The third-order valence-corrected chi connectivity index (χ3v) is 2.54. The second-order valence-corrected chi connectivity index (χ2v) is 4.03. The zero-order valence-corrected chi connectivity index (χ0v) is 9.31. The van der Waals surface area contributed by atoms with Gasteiger partial charge in [0.2, 0.25) is 5.78 Å². The van der Waals surface area contributed by atoms with Gasteiger partial charge in [0.1, 0.15) is 0 Å². The number of carbonyl (C=O) groups is 2. The molecule has 0 saturated carbocycles. The predicted molar refractivity (Wildman–Crippen MR) is 61.4 cm³/mol. The summed E-state index contributed by atoms with van der Waals surface area (Å²) in [7, 11) is 0. The van der Waals surface area contributed by atoms with E-state index in [4.69, 9.17) is 0 Å². The van der Waals surface area contributed by atoms with Crippen LogP contribution < -0.4 is 0 Å². The minimum atomic E-state index is -0.437. The van der Waals surface area contributed by atoms with E-state index in [0.717, 1.165) is 5.56 Å². The molecule has 1 amide bonds. The Morgan fingerprint density at radius 3 is 2.25 bits per heavy atom. The largest absolute Gasteiger partial charge is 0.302 e. The topological polar surface area (TPSA) is 37.4 Å². The number of carbonyl (C=O) groups excluding carboxylic acids is 2. The van der Waals surface area contributed by atoms with Crippen LogP contribution in [0.15, 0.2) is 36.4 Å². The second kappa shape index (κ2) is 3.93. The van der Waals surface area contributed by atoms with Gasteiger partial charge in [0, 0.05) is 12.1 Å². The maximum atomic E-state index is 11.7. The van der Waals surface area contributed by atoms with Crippen LogP contribution in [-0.4, -0.2) is 22.6 Å².